The van der Waals surface area contributed by atoms with E-state index in [1.165, 1.54) is 38.5 Å². The van der Waals surface area contributed by atoms with Crippen LogP contribution in [0.5, 0.6) is 11.5 Å². The monoisotopic (exact) mass is 258 g/mol. The SMILES string of the molecule is Cc1cc(O)c(C23CC4CC(CC(C4)C2)C3)cc1O. The summed E-state index contributed by atoms with van der Waals surface area (Å²) in [6.45, 7) is 1.85. The zero-order chi connectivity index (χ0) is 13.2. The molecule has 4 fully saturated rings. The number of phenolic OH excluding ortho intramolecular Hbond substituents is 2. The van der Waals surface area contributed by atoms with Crippen LogP contribution >= 0.6 is 0 Å². The number of aryl methyl sites for hydroxylation is 1. The van der Waals surface area contributed by atoms with E-state index in [-0.39, 0.29) is 5.41 Å². The molecule has 4 saturated carbocycles. The van der Waals surface area contributed by atoms with Crippen LogP contribution < -0.4 is 0 Å². The van der Waals surface area contributed by atoms with Crippen LogP contribution in [0.25, 0.3) is 0 Å². The van der Waals surface area contributed by atoms with E-state index in [0.717, 1.165) is 28.9 Å². The predicted molar refractivity (Wildman–Crippen MR) is 74.4 cm³/mol. The number of hydrogen-bond donors (Lipinski definition) is 2. The highest BCUT2D eigenvalue weighted by molar-refractivity contribution is 5.49. The maximum Gasteiger partial charge on any atom is 0.119 e. The van der Waals surface area contributed by atoms with Crippen LogP contribution in [0.2, 0.25) is 0 Å². The van der Waals surface area contributed by atoms with Crippen LogP contribution in [0.1, 0.15) is 49.7 Å². The van der Waals surface area contributed by atoms with Crippen molar-refractivity contribution in [3.8, 4) is 11.5 Å². The Morgan fingerprint density at radius 1 is 0.895 bits per heavy atom. The second-order valence-corrected chi connectivity index (χ2v) is 7.35. The van der Waals surface area contributed by atoms with Gasteiger partial charge in [-0.15, -0.1) is 0 Å². The summed E-state index contributed by atoms with van der Waals surface area (Å²) < 4.78 is 0. The van der Waals surface area contributed by atoms with Crippen molar-refractivity contribution in [3.63, 3.8) is 0 Å². The third kappa shape index (κ3) is 1.62. The number of rotatable bonds is 1. The molecule has 0 radical (unpaired) electrons. The zero-order valence-corrected chi connectivity index (χ0v) is 11.5. The van der Waals surface area contributed by atoms with E-state index in [0.29, 0.717) is 11.5 Å². The Labute approximate surface area is 114 Å². The Balaban J connectivity index is 1.81. The highest BCUT2D eigenvalue weighted by Gasteiger charge is 2.52. The first-order chi connectivity index (χ1) is 9.06. The zero-order valence-electron chi connectivity index (χ0n) is 11.5. The van der Waals surface area contributed by atoms with Crippen LogP contribution in [0.15, 0.2) is 12.1 Å². The molecule has 0 aromatic heterocycles. The lowest BCUT2D eigenvalue weighted by molar-refractivity contribution is -0.00622. The first-order valence-electron chi connectivity index (χ1n) is 7.59. The molecule has 4 aliphatic carbocycles. The van der Waals surface area contributed by atoms with Gasteiger partial charge in [0, 0.05) is 5.56 Å². The van der Waals surface area contributed by atoms with E-state index in [2.05, 4.69) is 0 Å². The van der Waals surface area contributed by atoms with Crippen molar-refractivity contribution >= 4 is 0 Å². The minimum absolute atomic E-state index is 0.157. The Morgan fingerprint density at radius 3 is 1.95 bits per heavy atom. The molecule has 0 aliphatic heterocycles. The molecule has 0 amide bonds. The number of hydrogen-bond acceptors (Lipinski definition) is 2. The third-order valence-corrected chi connectivity index (χ3v) is 5.92. The standard InChI is InChI=1S/C17H22O2/c1-10-2-16(19)14(6-15(10)18)17-7-11-3-12(8-17)5-13(4-11)9-17/h2,6,11-13,18-19H,3-5,7-9H2,1H3. The quantitative estimate of drug-likeness (QED) is 0.751. The molecular weight excluding hydrogens is 236 g/mol. The maximum absolute atomic E-state index is 10.4. The minimum Gasteiger partial charge on any atom is -0.508 e. The van der Waals surface area contributed by atoms with Crippen LogP contribution in [-0.4, -0.2) is 10.2 Å². The second-order valence-electron chi connectivity index (χ2n) is 7.35. The summed E-state index contributed by atoms with van der Waals surface area (Å²) in [4.78, 5) is 0. The van der Waals surface area contributed by atoms with Crippen LogP contribution in [0, 0.1) is 24.7 Å². The maximum atomic E-state index is 10.4. The summed E-state index contributed by atoms with van der Waals surface area (Å²) in [7, 11) is 0. The Hall–Kier alpha value is -1.18. The largest absolute Gasteiger partial charge is 0.508 e. The highest BCUT2D eigenvalue weighted by Crippen LogP contribution is 2.62. The molecule has 1 aromatic rings. The molecule has 4 bridgehead atoms. The van der Waals surface area contributed by atoms with Gasteiger partial charge in [0.1, 0.15) is 11.5 Å². The van der Waals surface area contributed by atoms with Gasteiger partial charge in [-0.1, -0.05) is 0 Å². The van der Waals surface area contributed by atoms with Gasteiger partial charge >= 0.3 is 0 Å². The van der Waals surface area contributed by atoms with E-state index in [1.807, 2.05) is 13.0 Å². The van der Waals surface area contributed by atoms with Gasteiger partial charge in [0.15, 0.2) is 0 Å². The van der Waals surface area contributed by atoms with Crippen molar-refractivity contribution in [2.24, 2.45) is 17.8 Å². The van der Waals surface area contributed by atoms with Gasteiger partial charge in [-0.2, -0.15) is 0 Å². The average Bonchev–Trinajstić information content (AvgIpc) is 2.32. The van der Waals surface area contributed by atoms with Gasteiger partial charge < -0.3 is 10.2 Å². The fourth-order valence-electron chi connectivity index (χ4n) is 5.55. The summed E-state index contributed by atoms with van der Waals surface area (Å²) in [5.41, 5.74) is 1.95. The molecule has 0 atom stereocenters. The topological polar surface area (TPSA) is 40.5 Å². The molecule has 0 unspecified atom stereocenters. The Kier molecular flexibility index (Phi) is 2.25. The average molecular weight is 258 g/mol. The Morgan fingerprint density at radius 2 is 1.42 bits per heavy atom. The minimum atomic E-state index is 0.157. The van der Waals surface area contributed by atoms with Crippen molar-refractivity contribution in [2.45, 2.75) is 50.9 Å². The van der Waals surface area contributed by atoms with E-state index in [1.54, 1.807) is 6.07 Å². The summed E-state index contributed by atoms with van der Waals surface area (Å²) in [5.74, 6) is 3.30. The number of benzene rings is 1. The van der Waals surface area contributed by atoms with E-state index in [4.69, 9.17) is 0 Å². The van der Waals surface area contributed by atoms with Gasteiger partial charge in [0.25, 0.3) is 0 Å². The van der Waals surface area contributed by atoms with Gasteiger partial charge in [-0.25, -0.2) is 0 Å². The first-order valence-corrected chi connectivity index (χ1v) is 7.59. The van der Waals surface area contributed by atoms with Gasteiger partial charge in [-0.3, -0.25) is 0 Å². The van der Waals surface area contributed by atoms with Crippen molar-refractivity contribution in [3.05, 3.63) is 23.3 Å². The Bertz CT molecular complexity index is 497. The van der Waals surface area contributed by atoms with Crippen molar-refractivity contribution in [1.29, 1.82) is 0 Å². The number of phenols is 2. The molecule has 2 nitrogen and oxygen atoms in total. The van der Waals surface area contributed by atoms with E-state index < -0.39 is 0 Å². The van der Waals surface area contributed by atoms with E-state index in [9.17, 15) is 10.2 Å². The van der Waals surface area contributed by atoms with Gasteiger partial charge in [-0.05, 0) is 86.3 Å². The summed E-state index contributed by atoms with van der Waals surface area (Å²) in [6.07, 6.45) is 7.85. The van der Waals surface area contributed by atoms with Crippen molar-refractivity contribution in [1.82, 2.24) is 0 Å². The summed E-state index contributed by atoms with van der Waals surface area (Å²) in [5, 5.41) is 20.4. The van der Waals surface area contributed by atoms with Crippen LogP contribution in [-0.2, 0) is 5.41 Å². The number of aromatic hydroxyl groups is 2. The molecule has 0 spiro atoms. The molecule has 0 heterocycles. The fraction of sp³-hybridized carbons (Fsp3) is 0.647. The third-order valence-electron chi connectivity index (χ3n) is 5.92. The molecule has 4 aliphatic rings. The lowest BCUT2D eigenvalue weighted by Crippen LogP contribution is -2.48. The summed E-state index contributed by atoms with van der Waals surface area (Å²) >= 11 is 0. The van der Waals surface area contributed by atoms with Crippen LogP contribution in [0.3, 0.4) is 0 Å². The fourth-order valence-corrected chi connectivity index (χ4v) is 5.55. The first kappa shape index (κ1) is 11.6. The smallest absolute Gasteiger partial charge is 0.119 e. The van der Waals surface area contributed by atoms with E-state index >= 15 is 0 Å². The predicted octanol–water partition coefficient (Wildman–Crippen LogP) is 3.87. The van der Waals surface area contributed by atoms with Crippen LogP contribution in [0.4, 0.5) is 0 Å². The van der Waals surface area contributed by atoms with Gasteiger partial charge in [0.2, 0.25) is 0 Å². The highest BCUT2D eigenvalue weighted by atomic mass is 16.3. The molecule has 102 valence electrons. The van der Waals surface area contributed by atoms with Gasteiger partial charge in [0.05, 0.1) is 0 Å². The molecular formula is C17H22O2. The summed E-state index contributed by atoms with van der Waals surface area (Å²) in [6, 6.07) is 3.58. The normalized spacial score (nSPS) is 39.7. The molecule has 1 aromatic carbocycles. The molecule has 2 N–H and O–H groups in total. The van der Waals surface area contributed by atoms with Crippen molar-refractivity contribution < 1.29 is 10.2 Å². The molecule has 19 heavy (non-hydrogen) atoms. The molecule has 2 heteroatoms. The molecule has 5 rings (SSSR count). The van der Waals surface area contributed by atoms with Crippen molar-refractivity contribution in [2.75, 3.05) is 0 Å². The lowest BCUT2D eigenvalue weighted by Gasteiger charge is -2.57. The second kappa shape index (κ2) is 3.68. The lowest BCUT2D eigenvalue weighted by atomic mass is 9.48. The molecule has 0 saturated heterocycles.